The lowest BCUT2D eigenvalue weighted by Gasteiger charge is -2.20. The lowest BCUT2D eigenvalue weighted by atomic mass is 10.1. The Balaban J connectivity index is 4.21. The zero-order valence-electron chi connectivity index (χ0n) is 31.2. The first-order valence-electron chi connectivity index (χ1n) is 19.6. The van der Waals surface area contributed by atoms with Crippen LogP contribution in [-0.4, -0.2) is 56.3 Å². The molecule has 0 rings (SSSR count). The third-order valence-corrected chi connectivity index (χ3v) is 9.45. The van der Waals surface area contributed by atoms with Crippen molar-refractivity contribution in [3.05, 3.63) is 12.2 Å². The van der Waals surface area contributed by atoms with Crippen molar-refractivity contribution in [1.29, 1.82) is 0 Å². The molecule has 9 nitrogen and oxygen atoms in total. The van der Waals surface area contributed by atoms with Crippen molar-refractivity contribution >= 4 is 19.8 Å². The van der Waals surface area contributed by atoms with Crippen LogP contribution in [0.2, 0.25) is 0 Å². The first-order chi connectivity index (χ1) is 23.3. The predicted octanol–water partition coefficient (Wildman–Crippen LogP) is 10.5. The van der Waals surface area contributed by atoms with E-state index < -0.39 is 25.9 Å². The maximum Gasteiger partial charge on any atom is 0.472 e. The van der Waals surface area contributed by atoms with Crippen LogP contribution in [-0.2, 0) is 32.7 Å². The van der Waals surface area contributed by atoms with Crippen molar-refractivity contribution in [2.75, 3.05) is 33.4 Å². The summed E-state index contributed by atoms with van der Waals surface area (Å²) in [4.78, 5) is 34.8. The number of phosphoric acid groups is 1. The van der Waals surface area contributed by atoms with E-state index in [4.69, 9.17) is 18.5 Å². The van der Waals surface area contributed by atoms with Gasteiger partial charge in [-0.05, 0) is 45.6 Å². The fourth-order valence-electron chi connectivity index (χ4n) is 5.38. The number of carbonyl (C=O) groups is 2. The molecule has 0 aromatic carbocycles. The number of phosphoric ester groups is 1. The summed E-state index contributed by atoms with van der Waals surface area (Å²) in [6, 6.07) is 0. The minimum atomic E-state index is -4.43. The van der Waals surface area contributed by atoms with E-state index in [1.165, 1.54) is 96.3 Å². The first kappa shape index (κ1) is 46.8. The normalized spacial score (nSPS) is 13.5. The van der Waals surface area contributed by atoms with Gasteiger partial charge in [0.15, 0.2) is 0 Å². The van der Waals surface area contributed by atoms with Crippen LogP contribution in [0.25, 0.3) is 0 Å². The van der Waals surface area contributed by atoms with Crippen LogP contribution in [0.1, 0.15) is 181 Å². The maximum atomic E-state index is 12.4. The summed E-state index contributed by atoms with van der Waals surface area (Å²) in [5, 5.41) is 2.82. The van der Waals surface area contributed by atoms with Crippen molar-refractivity contribution in [3.63, 3.8) is 0 Å². The van der Waals surface area contributed by atoms with E-state index in [9.17, 15) is 19.0 Å². The van der Waals surface area contributed by atoms with Gasteiger partial charge in [-0.25, -0.2) is 4.57 Å². The van der Waals surface area contributed by atoms with Gasteiger partial charge in [-0.15, -0.1) is 0 Å². The Hall–Kier alpha value is -1.25. The minimum Gasteiger partial charge on any atom is -0.463 e. The van der Waals surface area contributed by atoms with E-state index in [1.807, 2.05) is 0 Å². The number of carbonyl (C=O) groups excluding carboxylic acids is 2. The van der Waals surface area contributed by atoms with Crippen molar-refractivity contribution in [1.82, 2.24) is 5.32 Å². The summed E-state index contributed by atoms with van der Waals surface area (Å²) < 4.78 is 33.3. The average Bonchev–Trinajstić information content (AvgIpc) is 3.06. The number of hydrogen-bond acceptors (Lipinski definition) is 8. The summed E-state index contributed by atoms with van der Waals surface area (Å²) in [5.41, 5.74) is 0. The van der Waals surface area contributed by atoms with Gasteiger partial charge in [0.1, 0.15) is 19.3 Å². The molecule has 0 aliphatic heterocycles. The second-order valence-corrected chi connectivity index (χ2v) is 14.5. The van der Waals surface area contributed by atoms with E-state index >= 15 is 0 Å². The first-order valence-corrected chi connectivity index (χ1v) is 21.1. The van der Waals surface area contributed by atoms with Gasteiger partial charge >= 0.3 is 19.8 Å². The molecule has 0 radical (unpaired) electrons. The fraction of sp³-hybridized carbons (Fsp3) is 0.895. The highest BCUT2D eigenvalue weighted by Crippen LogP contribution is 2.44. The van der Waals surface area contributed by atoms with Crippen LogP contribution in [0.4, 0.5) is 0 Å². The van der Waals surface area contributed by atoms with Crippen LogP contribution in [0.3, 0.4) is 0 Å². The Bertz CT molecular complexity index is 810. The number of allylic oxidation sites excluding steroid dienone is 2. The Morgan fingerprint density at radius 1 is 0.625 bits per heavy atom. The van der Waals surface area contributed by atoms with Gasteiger partial charge in [0.25, 0.3) is 0 Å². The molecule has 0 amide bonds. The number of nitrogens with one attached hydrogen (secondary N) is 1. The van der Waals surface area contributed by atoms with Crippen molar-refractivity contribution in [2.24, 2.45) is 0 Å². The highest BCUT2D eigenvalue weighted by Gasteiger charge is 2.28. The second kappa shape index (κ2) is 35.6. The van der Waals surface area contributed by atoms with Crippen molar-refractivity contribution < 1.29 is 37.6 Å². The molecular weight excluding hydrogens is 629 g/mol. The van der Waals surface area contributed by atoms with Crippen LogP contribution < -0.4 is 5.32 Å². The minimum absolute atomic E-state index is 0.0368. The zero-order valence-corrected chi connectivity index (χ0v) is 32.1. The quantitative estimate of drug-likeness (QED) is 0.0282. The Labute approximate surface area is 294 Å². The molecule has 0 saturated carbocycles. The molecule has 2 N–H and O–H groups in total. The molecule has 0 aromatic heterocycles. The summed E-state index contributed by atoms with van der Waals surface area (Å²) in [5.74, 6) is -0.805. The molecule has 0 aliphatic carbocycles. The largest absolute Gasteiger partial charge is 0.472 e. The number of unbranched alkanes of at least 4 members (excludes halogenated alkanes) is 21. The van der Waals surface area contributed by atoms with E-state index in [0.29, 0.717) is 6.54 Å². The number of hydrogen-bond donors (Lipinski definition) is 2. The molecule has 0 bridgehead atoms. The highest BCUT2D eigenvalue weighted by atomic mass is 31.2. The van der Waals surface area contributed by atoms with Gasteiger partial charge < -0.3 is 19.7 Å². The van der Waals surface area contributed by atoms with Crippen LogP contribution in [0.15, 0.2) is 12.2 Å². The SMILES string of the molecule is CCCCCCCCC=CCCCCCCCC(=O)OC[C@H](COC(=O)CCCCCCCCCCCCC)OP(=O)(O)OCCNC. The molecule has 284 valence electrons. The number of esters is 2. The maximum absolute atomic E-state index is 12.4. The molecule has 0 saturated heterocycles. The molecule has 2 atom stereocenters. The van der Waals surface area contributed by atoms with E-state index in [2.05, 4.69) is 31.3 Å². The number of rotatable bonds is 37. The van der Waals surface area contributed by atoms with Crippen LogP contribution >= 0.6 is 7.82 Å². The molecule has 0 aliphatic rings. The monoisotopic (exact) mass is 704 g/mol. The summed E-state index contributed by atoms with van der Waals surface area (Å²) in [6.45, 7) is 4.21. The molecule has 48 heavy (non-hydrogen) atoms. The highest BCUT2D eigenvalue weighted by molar-refractivity contribution is 7.47. The zero-order chi connectivity index (χ0) is 35.4. The summed E-state index contributed by atoms with van der Waals surface area (Å²) in [6.07, 6.45) is 32.4. The topological polar surface area (TPSA) is 120 Å². The summed E-state index contributed by atoms with van der Waals surface area (Å²) in [7, 11) is -2.73. The average molecular weight is 704 g/mol. The molecule has 10 heteroatoms. The van der Waals surface area contributed by atoms with Gasteiger partial charge in [-0.1, -0.05) is 142 Å². The summed E-state index contributed by atoms with van der Waals surface area (Å²) >= 11 is 0. The lowest BCUT2D eigenvalue weighted by Crippen LogP contribution is -2.28. The van der Waals surface area contributed by atoms with E-state index in [0.717, 1.165) is 57.8 Å². The molecule has 0 aromatic rings. The van der Waals surface area contributed by atoms with Crippen molar-refractivity contribution in [3.8, 4) is 0 Å². The fourth-order valence-corrected chi connectivity index (χ4v) is 6.26. The third-order valence-electron chi connectivity index (χ3n) is 8.38. The molecule has 0 heterocycles. The second-order valence-electron chi connectivity index (χ2n) is 13.1. The number of likely N-dealkylation sites (N-methyl/N-ethyl adjacent to an activating group) is 1. The predicted molar refractivity (Wildman–Crippen MR) is 197 cm³/mol. The molecule has 0 fully saturated rings. The van der Waals surface area contributed by atoms with Crippen LogP contribution in [0.5, 0.6) is 0 Å². The Morgan fingerprint density at radius 2 is 1.00 bits per heavy atom. The van der Waals surface area contributed by atoms with Gasteiger partial charge in [-0.3, -0.25) is 18.6 Å². The smallest absolute Gasteiger partial charge is 0.463 e. The van der Waals surface area contributed by atoms with Crippen molar-refractivity contribution in [2.45, 2.75) is 187 Å². The van der Waals surface area contributed by atoms with Crippen LogP contribution in [0, 0.1) is 0 Å². The Morgan fingerprint density at radius 3 is 1.40 bits per heavy atom. The standard InChI is InChI=1S/C38H74NO8P/c1-4-6-8-10-12-14-16-17-18-19-21-23-25-27-29-31-38(41)45-35-36(47-48(42,43)46-33-32-39-3)34-44-37(40)30-28-26-24-22-20-15-13-11-9-7-5-2/h17-18,36,39H,4-16,19-35H2,1-3H3,(H,42,43)/t36-/m0/s1. The third kappa shape index (κ3) is 34.6. The molecular formula is C38H74NO8P. The van der Waals surface area contributed by atoms with Gasteiger partial charge in [0.05, 0.1) is 6.61 Å². The molecule has 0 spiro atoms. The lowest BCUT2D eigenvalue weighted by molar-refractivity contribution is -0.152. The Kier molecular flexibility index (Phi) is 34.6. The van der Waals surface area contributed by atoms with E-state index in [-0.39, 0.29) is 32.7 Å². The number of ether oxygens (including phenoxy) is 2. The van der Waals surface area contributed by atoms with Gasteiger partial charge in [-0.2, -0.15) is 0 Å². The van der Waals surface area contributed by atoms with Gasteiger partial charge in [0, 0.05) is 19.4 Å². The van der Waals surface area contributed by atoms with Gasteiger partial charge in [0.2, 0.25) is 0 Å². The van der Waals surface area contributed by atoms with E-state index in [1.54, 1.807) is 7.05 Å². The molecule has 1 unspecified atom stereocenters.